The van der Waals surface area contributed by atoms with Crippen molar-refractivity contribution in [3.05, 3.63) is 46.3 Å². The fraction of sp³-hybridized carbons (Fsp3) is 0.0909. The van der Waals surface area contributed by atoms with Crippen LogP contribution in [0.15, 0.2) is 30.3 Å². The monoisotopic (exact) mass is 253 g/mol. The van der Waals surface area contributed by atoms with Gasteiger partial charge in [-0.15, -0.1) is 0 Å². The molecular weight excluding hydrogens is 245 g/mol. The summed E-state index contributed by atoms with van der Waals surface area (Å²) < 4.78 is 0. The molecule has 0 bridgehead atoms. The second-order valence-electron chi connectivity index (χ2n) is 3.25. The molecule has 0 radical (unpaired) electrons. The molecule has 2 N–H and O–H groups in total. The van der Waals surface area contributed by atoms with Crippen LogP contribution in [-0.2, 0) is 6.54 Å². The zero-order valence-electron chi connectivity index (χ0n) is 8.32. The van der Waals surface area contributed by atoms with Crippen LogP contribution in [0, 0.1) is 0 Å². The molecule has 0 unspecified atom stereocenters. The molecule has 1 aromatic carbocycles. The number of aromatic nitrogens is 2. The number of nitrogens with two attached hydrogens (primary N) is 1. The molecule has 0 aliphatic carbocycles. The van der Waals surface area contributed by atoms with Crippen molar-refractivity contribution < 1.29 is 0 Å². The van der Waals surface area contributed by atoms with Crippen molar-refractivity contribution in [2.24, 2.45) is 5.73 Å². The molecule has 0 aliphatic heterocycles. The Hall–Kier alpha value is -1.16. The van der Waals surface area contributed by atoms with Crippen LogP contribution >= 0.6 is 23.2 Å². The van der Waals surface area contributed by atoms with Gasteiger partial charge in [-0.2, -0.15) is 0 Å². The lowest BCUT2D eigenvalue weighted by Gasteiger charge is -2.03. The van der Waals surface area contributed by atoms with E-state index in [1.54, 1.807) is 6.07 Å². The molecule has 0 saturated carbocycles. The maximum absolute atomic E-state index is 5.80. The van der Waals surface area contributed by atoms with Crippen LogP contribution in [0.5, 0.6) is 0 Å². The first-order chi connectivity index (χ1) is 7.69. The normalized spacial score (nSPS) is 10.4. The molecule has 2 rings (SSSR count). The summed E-state index contributed by atoms with van der Waals surface area (Å²) in [4.78, 5) is 7.89. The first-order valence-corrected chi connectivity index (χ1v) is 5.44. The van der Waals surface area contributed by atoms with Gasteiger partial charge in [0.05, 0.1) is 5.69 Å². The van der Waals surface area contributed by atoms with Crippen LogP contribution in [0.25, 0.3) is 11.3 Å². The highest BCUT2D eigenvalue weighted by Crippen LogP contribution is 2.21. The van der Waals surface area contributed by atoms with Crippen molar-refractivity contribution in [3.63, 3.8) is 0 Å². The van der Waals surface area contributed by atoms with Crippen molar-refractivity contribution in [1.29, 1.82) is 0 Å². The van der Waals surface area contributed by atoms with E-state index in [-0.39, 0.29) is 5.28 Å². The Kier molecular flexibility index (Phi) is 3.39. The fourth-order valence-electron chi connectivity index (χ4n) is 1.35. The number of rotatable bonds is 2. The van der Waals surface area contributed by atoms with E-state index in [0.29, 0.717) is 17.4 Å². The van der Waals surface area contributed by atoms with E-state index in [9.17, 15) is 0 Å². The Labute approximate surface area is 103 Å². The van der Waals surface area contributed by atoms with Crippen molar-refractivity contribution in [3.8, 4) is 11.3 Å². The minimum Gasteiger partial charge on any atom is -0.326 e. The van der Waals surface area contributed by atoms with Gasteiger partial charge in [0.25, 0.3) is 0 Å². The lowest BCUT2D eigenvalue weighted by molar-refractivity contribution is 1.07. The van der Waals surface area contributed by atoms with Crippen molar-refractivity contribution in [2.45, 2.75) is 6.54 Å². The Bertz CT molecular complexity index is 477. The Balaban J connectivity index is 2.42. The van der Waals surface area contributed by atoms with Crippen LogP contribution in [0.2, 0.25) is 10.4 Å². The Morgan fingerprint density at radius 3 is 2.31 bits per heavy atom. The third-order valence-corrected chi connectivity index (χ3v) is 2.52. The zero-order chi connectivity index (χ0) is 11.5. The molecule has 0 saturated heterocycles. The summed E-state index contributed by atoms with van der Waals surface area (Å²) in [6, 6.07) is 9.41. The average molecular weight is 254 g/mol. The summed E-state index contributed by atoms with van der Waals surface area (Å²) in [5, 5.41) is 0.475. The number of hydrogen-bond acceptors (Lipinski definition) is 3. The molecule has 82 valence electrons. The summed E-state index contributed by atoms with van der Waals surface area (Å²) in [6.45, 7) is 0.519. The van der Waals surface area contributed by atoms with Gasteiger partial charge in [0.2, 0.25) is 5.28 Å². The minimum absolute atomic E-state index is 0.144. The summed E-state index contributed by atoms with van der Waals surface area (Å²) in [6.07, 6.45) is 0. The minimum atomic E-state index is 0.144. The number of benzene rings is 1. The average Bonchev–Trinajstić information content (AvgIpc) is 2.28. The van der Waals surface area contributed by atoms with Crippen LogP contribution in [0.3, 0.4) is 0 Å². The first-order valence-electron chi connectivity index (χ1n) is 4.68. The molecule has 2 aromatic rings. The highest BCUT2D eigenvalue weighted by atomic mass is 35.5. The third-order valence-electron chi connectivity index (χ3n) is 2.15. The molecule has 0 fully saturated rings. The van der Waals surface area contributed by atoms with Gasteiger partial charge in [0, 0.05) is 18.2 Å². The van der Waals surface area contributed by atoms with E-state index in [1.165, 1.54) is 0 Å². The molecule has 16 heavy (non-hydrogen) atoms. The van der Waals surface area contributed by atoms with Gasteiger partial charge in [-0.25, -0.2) is 9.97 Å². The zero-order valence-corrected chi connectivity index (χ0v) is 9.83. The molecule has 0 atom stereocenters. The third kappa shape index (κ3) is 2.50. The van der Waals surface area contributed by atoms with Crippen molar-refractivity contribution >= 4 is 23.2 Å². The van der Waals surface area contributed by atoms with Gasteiger partial charge in [-0.3, -0.25) is 0 Å². The predicted octanol–water partition coefficient (Wildman–Crippen LogP) is 2.91. The van der Waals surface area contributed by atoms with E-state index >= 15 is 0 Å². The van der Waals surface area contributed by atoms with Gasteiger partial charge >= 0.3 is 0 Å². The van der Waals surface area contributed by atoms with Gasteiger partial charge in [-0.05, 0) is 17.2 Å². The molecule has 3 nitrogen and oxygen atoms in total. The standard InChI is InChI=1S/C11H9Cl2N3/c12-10-5-9(15-11(13)16-10)8-3-1-7(6-14)2-4-8/h1-5H,6,14H2. The Morgan fingerprint density at radius 2 is 1.75 bits per heavy atom. The van der Waals surface area contributed by atoms with Gasteiger partial charge < -0.3 is 5.73 Å². The molecule has 5 heteroatoms. The second-order valence-corrected chi connectivity index (χ2v) is 3.97. The van der Waals surface area contributed by atoms with Crippen LogP contribution in [0.4, 0.5) is 0 Å². The summed E-state index contributed by atoms with van der Waals surface area (Å²) in [5.74, 6) is 0. The quantitative estimate of drug-likeness (QED) is 0.662. The molecule has 0 spiro atoms. The van der Waals surface area contributed by atoms with Crippen molar-refractivity contribution in [2.75, 3.05) is 0 Å². The molecule has 1 aromatic heterocycles. The SMILES string of the molecule is NCc1ccc(-c2cc(Cl)nc(Cl)n2)cc1. The lowest BCUT2D eigenvalue weighted by Crippen LogP contribution is -1.95. The van der Waals surface area contributed by atoms with Crippen LogP contribution in [-0.4, -0.2) is 9.97 Å². The predicted molar refractivity (Wildman–Crippen MR) is 65.4 cm³/mol. The summed E-state index contributed by atoms with van der Waals surface area (Å²) in [7, 11) is 0. The Morgan fingerprint density at radius 1 is 1.06 bits per heavy atom. The van der Waals surface area contributed by atoms with Crippen molar-refractivity contribution in [1.82, 2.24) is 9.97 Å². The topological polar surface area (TPSA) is 51.8 Å². The smallest absolute Gasteiger partial charge is 0.224 e. The van der Waals surface area contributed by atoms with Crippen LogP contribution < -0.4 is 5.73 Å². The van der Waals surface area contributed by atoms with Gasteiger partial charge in [0.15, 0.2) is 0 Å². The van der Waals surface area contributed by atoms with E-state index in [1.807, 2.05) is 24.3 Å². The summed E-state index contributed by atoms with van der Waals surface area (Å²) >= 11 is 11.5. The van der Waals surface area contributed by atoms with E-state index in [2.05, 4.69) is 9.97 Å². The lowest BCUT2D eigenvalue weighted by atomic mass is 10.1. The number of halogens is 2. The van der Waals surface area contributed by atoms with E-state index in [4.69, 9.17) is 28.9 Å². The summed E-state index contributed by atoms with van der Waals surface area (Å²) in [5.41, 5.74) is 8.22. The molecule has 0 amide bonds. The number of hydrogen-bond donors (Lipinski definition) is 1. The molecular formula is C11H9Cl2N3. The van der Waals surface area contributed by atoms with Gasteiger partial charge in [0.1, 0.15) is 5.15 Å². The van der Waals surface area contributed by atoms with Crippen LogP contribution in [0.1, 0.15) is 5.56 Å². The highest BCUT2D eigenvalue weighted by Gasteiger charge is 2.03. The maximum atomic E-state index is 5.80. The number of nitrogens with zero attached hydrogens (tertiary/aromatic N) is 2. The van der Waals surface area contributed by atoms with Gasteiger partial charge in [-0.1, -0.05) is 35.9 Å². The van der Waals surface area contributed by atoms with E-state index in [0.717, 1.165) is 11.1 Å². The van der Waals surface area contributed by atoms with E-state index < -0.39 is 0 Å². The highest BCUT2D eigenvalue weighted by molar-refractivity contribution is 6.32. The largest absolute Gasteiger partial charge is 0.326 e. The molecule has 0 aliphatic rings. The fourth-order valence-corrected chi connectivity index (χ4v) is 1.76. The molecule has 1 heterocycles. The first kappa shape index (κ1) is 11.3. The second kappa shape index (κ2) is 4.78. The maximum Gasteiger partial charge on any atom is 0.224 e.